The molecule has 1 atom stereocenters. The standard InChI is InChI=1S/C9H13NO5/c1-9(2)5(7(11)13-3)6(10-15-9)8(12)14-4/h5H,1-4H3. The molecule has 0 bridgehead atoms. The lowest BCUT2D eigenvalue weighted by Crippen LogP contribution is -2.42. The smallest absolute Gasteiger partial charge is 0.356 e. The predicted molar refractivity (Wildman–Crippen MR) is 50.1 cm³/mol. The van der Waals surface area contributed by atoms with E-state index >= 15 is 0 Å². The Hall–Kier alpha value is -1.59. The third-order valence-corrected chi connectivity index (χ3v) is 2.18. The van der Waals surface area contributed by atoms with Crippen molar-refractivity contribution in [1.29, 1.82) is 0 Å². The second-order valence-corrected chi connectivity index (χ2v) is 3.62. The summed E-state index contributed by atoms with van der Waals surface area (Å²) in [6.07, 6.45) is 0. The van der Waals surface area contributed by atoms with Crippen molar-refractivity contribution in [2.24, 2.45) is 11.1 Å². The van der Waals surface area contributed by atoms with E-state index in [1.54, 1.807) is 13.8 Å². The van der Waals surface area contributed by atoms with E-state index in [4.69, 9.17) is 4.84 Å². The van der Waals surface area contributed by atoms with Gasteiger partial charge in [-0.05, 0) is 13.8 Å². The summed E-state index contributed by atoms with van der Waals surface area (Å²) >= 11 is 0. The molecule has 1 rings (SSSR count). The summed E-state index contributed by atoms with van der Waals surface area (Å²) in [5.74, 6) is -2.10. The Kier molecular flexibility index (Phi) is 2.97. The summed E-state index contributed by atoms with van der Waals surface area (Å²) in [6, 6.07) is 0. The second kappa shape index (κ2) is 3.88. The molecule has 1 unspecified atom stereocenters. The number of carbonyl (C=O) groups excluding carboxylic acids is 2. The van der Waals surface area contributed by atoms with Crippen LogP contribution in [0.5, 0.6) is 0 Å². The second-order valence-electron chi connectivity index (χ2n) is 3.62. The van der Waals surface area contributed by atoms with E-state index in [1.165, 1.54) is 14.2 Å². The first-order valence-electron chi connectivity index (χ1n) is 4.36. The third-order valence-electron chi connectivity index (χ3n) is 2.18. The van der Waals surface area contributed by atoms with Crippen molar-refractivity contribution in [1.82, 2.24) is 0 Å². The molecule has 0 aromatic carbocycles. The number of methoxy groups -OCH3 is 2. The zero-order valence-corrected chi connectivity index (χ0v) is 9.07. The van der Waals surface area contributed by atoms with Gasteiger partial charge in [-0.3, -0.25) is 4.79 Å². The monoisotopic (exact) mass is 215 g/mol. The molecule has 0 fully saturated rings. The molecule has 84 valence electrons. The van der Waals surface area contributed by atoms with Gasteiger partial charge in [0.2, 0.25) is 0 Å². The van der Waals surface area contributed by atoms with Gasteiger partial charge in [0.05, 0.1) is 14.2 Å². The van der Waals surface area contributed by atoms with E-state index in [2.05, 4.69) is 14.6 Å². The number of oxime groups is 1. The van der Waals surface area contributed by atoms with Crippen molar-refractivity contribution >= 4 is 17.7 Å². The third kappa shape index (κ3) is 1.93. The quantitative estimate of drug-likeness (QED) is 0.611. The highest BCUT2D eigenvalue weighted by Crippen LogP contribution is 2.30. The summed E-state index contributed by atoms with van der Waals surface area (Å²) in [4.78, 5) is 27.8. The normalized spacial score (nSPS) is 22.7. The van der Waals surface area contributed by atoms with Crippen LogP contribution in [0, 0.1) is 5.92 Å². The van der Waals surface area contributed by atoms with Gasteiger partial charge in [-0.1, -0.05) is 5.16 Å². The molecule has 15 heavy (non-hydrogen) atoms. The van der Waals surface area contributed by atoms with Crippen LogP contribution in [0.25, 0.3) is 0 Å². The number of rotatable bonds is 2. The Morgan fingerprint density at radius 1 is 1.33 bits per heavy atom. The van der Waals surface area contributed by atoms with Crippen molar-refractivity contribution < 1.29 is 23.9 Å². The van der Waals surface area contributed by atoms with Crippen molar-refractivity contribution in [3.8, 4) is 0 Å². The first kappa shape index (κ1) is 11.5. The van der Waals surface area contributed by atoms with Gasteiger partial charge in [-0.15, -0.1) is 0 Å². The van der Waals surface area contributed by atoms with Crippen LogP contribution in [0.4, 0.5) is 0 Å². The fraction of sp³-hybridized carbons (Fsp3) is 0.667. The maximum absolute atomic E-state index is 11.5. The van der Waals surface area contributed by atoms with Crippen molar-refractivity contribution in [2.75, 3.05) is 14.2 Å². The van der Waals surface area contributed by atoms with Crippen molar-refractivity contribution in [2.45, 2.75) is 19.4 Å². The summed E-state index contributed by atoms with van der Waals surface area (Å²) < 4.78 is 9.08. The molecule has 0 saturated heterocycles. The minimum absolute atomic E-state index is 0.0608. The van der Waals surface area contributed by atoms with Crippen LogP contribution in [-0.4, -0.2) is 37.5 Å². The highest BCUT2D eigenvalue weighted by Gasteiger charge is 2.50. The van der Waals surface area contributed by atoms with E-state index < -0.39 is 23.5 Å². The number of carbonyl (C=O) groups is 2. The molecule has 6 nitrogen and oxygen atoms in total. The molecule has 1 heterocycles. The lowest BCUT2D eigenvalue weighted by Gasteiger charge is -2.21. The van der Waals surface area contributed by atoms with E-state index in [0.29, 0.717) is 0 Å². The van der Waals surface area contributed by atoms with Crippen LogP contribution in [-0.2, 0) is 23.9 Å². The zero-order valence-electron chi connectivity index (χ0n) is 9.07. The van der Waals surface area contributed by atoms with Gasteiger partial charge in [-0.2, -0.15) is 0 Å². The van der Waals surface area contributed by atoms with Gasteiger partial charge >= 0.3 is 11.9 Å². The molecule has 0 spiro atoms. The largest absolute Gasteiger partial charge is 0.468 e. The Bertz CT molecular complexity index is 320. The molecule has 0 aromatic rings. The van der Waals surface area contributed by atoms with Crippen LogP contribution in [0.3, 0.4) is 0 Å². The molecule has 0 N–H and O–H groups in total. The fourth-order valence-corrected chi connectivity index (χ4v) is 1.37. The highest BCUT2D eigenvalue weighted by atomic mass is 16.7. The van der Waals surface area contributed by atoms with Crippen LogP contribution in [0.1, 0.15) is 13.8 Å². The minimum atomic E-state index is -0.892. The van der Waals surface area contributed by atoms with Gasteiger partial charge in [0.25, 0.3) is 0 Å². The van der Waals surface area contributed by atoms with Crippen LogP contribution < -0.4 is 0 Å². The lowest BCUT2D eigenvalue weighted by atomic mass is 9.87. The molecule has 6 heteroatoms. The minimum Gasteiger partial charge on any atom is -0.468 e. The van der Waals surface area contributed by atoms with Gasteiger partial charge in [-0.25, -0.2) is 4.79 Å². The molecule has 1 aliphatic heterocycles. The van der Waals surface area contributed by atoms with Crippen LogP contribution in [0.2, 0.25) is 0 Å². The molecule has 0 aromatic heterocycles. The Labute approximate surface area is 87.2 Å². The first-order valence-corrected chi connectivity index (χ1v) is 4.36. The number of hydrogen-bond acceptors (Lipinski definition) is 6. The fourth-order valence-electron chi connectivity index (χ4n) is 1.37. The van der Waals surface area contributed by atoms with E-state index in [-0.39, 0.29) is 5.71 Å². The average Bonchev–Trinajstić information content (AvgIpc) is 2.52. The lowest BCUT2D eigenvalue weighted by molar-refractivity contribution is -0.150. The number of hydrogen-bond donors (Lipinski definition) is 0. The van der Waals surface area contributed by atoms with Crippen LogP contribution >= 0.6 is 0 Å². The molecular weight excluding hydrogens is 202 g/mol. The highest BCUT2D eigenvalue weighted by molar-refractivity contribution is 6.41. The summed E-state index contributed by atoms with van der Waals surface area (Å²) in [5.41, 5.74) is -0.953. The SMILES string of the molecule is COC(=O)C1=NOC(C)(C)C1C(=O)OC. The van der Waals surface area contributed by atoms with Gasteiger partial charge in [0.15, 0.2) is 17.2 Å². The summed E-state index contributed by atoms with van der Waals surface area (Å²) in [7, 11) is 2.45. The summed E-state index contributed by atoms with van der Waals surface area (Å²) in [6.45, 7) is 3.29. The van der Waals surface area contributed by atoms with E-state index in [0.717, 1.165) is 0 Å². The van der Waals surface area contributed by atoms with Crippen molar-refractivity contribution in [3.05, 3.63) is 0 Å². The molecular formula is C9H13NO5. The van der Waals surface area contributed by atoms with Crippen molar-refractivity contribution in [3.63, 3.8) is 0 Å². The first-order chi connectivity index (χ1) is 6.94. The van der Waals surface area contributed by atoms with Gasteiger partial charge in [0.1, 0.15) is 0 Å². The summed E-state index contributed by atoms with van der Waals surface area (Å²) in [5, 5.41) is 3.55. The Morgan fingerprint density at radius 2 is 1.93 bits per heavy atom. The molecule has 0 radical (unpaired) electrons. The number of ether oxygens (including phenoxy) is 2. The van der Waals surface area contributed by atoms with Gasteiger partial charge < -0.3 is 14.3 Å². The molecule has 1 aliphatic rings. The predicted octanol–water partition coefficient (Wildman–Crippen LogP) is 0.113. The zero-order chi connectivity index (χ0) is 11.6. The van der Waals surface area contributed by atoms with Crippen LogP contribution in [0.15, 0.2) is 5.16 Å². The maximum Gasteiger partial charge on any atom is 0.356 e. The number of esters is 2. The van der Waals surface area contributed by atoms with Gasteiger partial charge in [0, 0.05) is 0 Å². The Balaban J connectivity index is 2.99. The molecule has 0 aliphatic carbocycles. The van der Waals surface area contributed by atoms with E-state index in [1.807, 2.05) is 0 Å². The van der Waals surface area contributed by atoms with E-state index in [9.17, 15) is 9.59 Å². The molecule has 0 amide bonds. The Morgan fingerprint density at radius 3 is 2.40 bits per heavy atom. The maximum atomic E-state index is 11.5. The molecule has 0 saturated carbocycles. The average molecular weight is 215 g/mol. The topological polar surface area (TPSA) is 74.2 Å². The number of nitrogens with zero attached hydrogens (tertiary/aromatic N) is 1.